The van der Waals surface area contributed by atoms with Gasteiger partial charge < -0.3 is 15.5 Å². The molecule has 3 saturated carbocycles. The quantitative estimate of drug-likeness (QED) is 0.558. The van der Waals surface area contributed by atoms with E-state index < -0.39 is 24.2 Å². The van der Waals surface area contributed by atoms with Gasteiger partial charge in [0.05, 0.1) is 19.3 Å². The number of fused-ring (bicyclic) bond motifs is 2. The topological polar surface area (TPSA) is 99.1 Å². The Morgan fingerprint density at radius 2 is 2.12 bits per heavy atom. The molecule has 8 atom stereocenters. The molecule has 0 spiro atoms. The van der Waals surface area contributed by atoms with Crippen LogP contribution < -0.4 is 5.32 Å². The molecule has 32 heavy (non-hydrogen) atoms. The van der Waals surface area contributed by atoms with E-state index in [4.69, 9.17) is 4.84 Å². The fourth-order valence-electron chi connectivity index (χ4n) is 6.43. The largest absolute Gasteiger partial charge is 0.394 e. The predicted molar refractivity (Wildman–Crippen MR) is 119 cm³/mol. The van der Waals surface area contributed by atoms with E-state index in [1.165, 1.54) is 6.42 Å². The number of amides is 1. The second-order valence-corrected chi connectivity index (χ2v) is 10.6. The summed E-state index contributed by atoms with van der Waals surface area (Å²) in [7, 11) is 0. The number of aliphatic hydroxyl groups is 2. The highest BCUT2D eigenvalue weighted by molar-refractivity contribution is 5.83. The van der Waals surface area contributed by atoms with Crippen LogP contribution in [-0.2, 0) is 16.2 Å². The average Bonchev–Trinajstić information content (AvgIpc) is 3.13. The Hall–Kier alpha value is -1.80. The molecule has 1 unspecified atom stereocenters. The number of hydroxylamine groups is 2. The van der Waals surface area contributed by atoms with Gasteiger partial charge in [-0.1, -0.05) is 39.0 Å². The van der Waals surface area contributed by atoms with Gasteiger partial charge >= 0.3 is 0 Å². The van der Waals surface area contributed by atoms with Crippen LogP contribution in [0.3, 0.4) is 0 Å². The van der Waals surface area contributed by atoms with E-state index in [2.05, 4.69) is 26.1 Å². The molecule has 0 aromatic heterocycles. The van der Waals surface area contributed by atoms with Gasteiger partial charge in [0.15, 0.2) is 0 Å². The Bertz CT molecular complexity index is 856. The number of nitrogens with one attached hydrogen (secondary N) is 1. The number of carbonyl (C=O) groups excluding carboxylic acids is 2. The number of nitrogens with zero attached hydrogens (tertiary/aromatic N) is 1. The Balaban J connectivity index is 1.54. The molecule has 176 valence electrons. The molecule has 1 aromatic carbocycles. The summed E-state index contributed by atoms with van der Waals surface area (Å²) in [5, 5.41) is 25.2. The van der Waals surface area contributed by atoms with Gasteiger partial charge in [-0.05, 0) is 54.6 Å². The third-order valence-electron chi connectivity index (χ3n) is 8.49. The van der Waals surface area contributed by atoms with E-state index in [0.29, 0.717) is 28.7 Å². The fourth-order valence-corrected chi connectivity index (χ4v) is 6.43. The molecule has 3 N–H and O–H groups in total. The highest BCUT2D eigenvalue weighted by atomic mass is 16.7. The van der Waals surface area contributed by atoms with Gasteiger partial charge in [0.1, 0.15) is 18.4 Å². The molecule has 1 aromatic rings. The molecule has 1 amide bonds. The lowest BCUT2D eigenvalue weighted by Gasteiger charge is -2.62. The standard InChI is InChI=1S/C25H36N2O5/c1-14-19-9-18(25(19,3)4)10-20(14)26-24(31)23-22(15(2)30)21(13-29)32-27(23)11-16-6-5-7-17(8-16)12-28/h5-8,12,14-15,18-23,29-30H,9-11,13H2,1-4H3,(H,26,31)/t14-,15-,18+,19-,20?,21-,22+,23-/m0/s1. The maximum atomic E-state index is 13.6. The van der Waals surface area contributed by atoms with Crippen LogP contribution in [0.4, 0.5) is 0 Å². The van der Waals surface area contributed by atoms with Gasteiger partial charge in [-0.25, -0.2) is 0 Å². The lowest BCUT2D eigenvalue weighted by molar-refractivity contribution is -0.183. The number of carbonyl (C=O) groups is 2. The molecule has 1 aliphatic heterocycles. The van der Waals surface area contributed by atoms with Crippen LogP contribution in [0.1, 0.15) is 56.5 Å². The van der Waals surface area contributed by atoms with Crippen molar-refractivity contribution in [3.05, 3.63) is 35.4 Å². The lowest BCUT2D eigenvalue weighted by Crippen LogP contribution is -2.62. The lowest BCUT2D eigenvalue weighted by atomic mass is 9.45. The molecule has 4 fully saturated rings. The summed E-state index contributed by atoms with van der Waals surface area (Å²) in [4.78, 5) is 30.7. The molecule has 2 bridgehead atoms. The van der Waals surface area contributed by atoms with Crippen LogP contribution >= 0.6 is 0 Å². The summed E-state index contributed by atoms with van der Waals surface area (Å²) < 4.78 is 0. The summed E-state index contributed by atoms with van der Waals surface area (Å²) in [6, 6.07) is 6.50. The van der Waals surface area contributed by atoms with Crippen LogP contribution in [0, 0.1) is 29.1 Å². The minimum absolute atomic E-state index is 0.0994. The molecular weight excluding hydrogens is 408 g/mol. The zero-order valence-electron chi connectivity index (χ0n) is 19.4. The van der Waals surface area contributed by atoms with Crippen LogP contribution in [0.5, 0.6) is 0 Å². The van der Waals surface area contributed by atoms with Crippen molar-refractivity contribution in [2.75, 3.05) is 6.61 Å². The van der Waals surface area contributed by atoms with Gasteiger partial charge in [-0.3, -0.25) is 14.4 Å². The summed E-state index contributed by atoms with van der Waals surface area (Å²) >= 11 is 0. The van der Waals surface area contributed by atoms with Gasteiger partial charge in [0.2, 0.25) is 5.91 Å². The maximum Gasteiger partial charge on any atom is 0.240 e. The van der Waals surface area contributed by atoms with Crippen molar-refractivity contribution in [2.24, 2.45) is 29.1 Å². The van der Waals surface area contributed by atoms with Crippen LogP contribution in [0.2, 0.25) is 0 Å². The van der Waals surface area contributed by atoms with Crippen LogP contribution in [0.15, 0.2) is 24.3 Å². The van der Waals surface area contributed by atoms with Gasteiger partial charge in [-0.2, -0.15) is 5.06 Å². The molecule has 3 aliphatic carbocycles. The summed E-state index contributed by atoms with van der Waals surface area (Å²) in [6.45, 7) is 8.50. The van der Waals surface area contributed by atoms with Crippen molar-refractivity contribution in [1.82, 2.24) is 10.4 Å². The van der Waals surface area contributed by atoms with Crippen molar-refractivity contribution in [1.29, 1.82) is 0 Å². The summed E-state index contributed by atoms with van der Waals surface area (Å²) in [5.74, 6) is 0.881. The van der Waals surface area contributed by atoms with Crippen molar-refractivity contribution < 1.29 is 24.6 Å². The second kappa shape index (κ2) is 8.86. The zero-order chi connectivity index (χ0) is 23.2. The van der Waals surface area contributed by atoms with Crippen molar-refractivity contribution in [2.45, 2.75) is 71.4 Å². The van der Waals surface area contributed by atoms with Gasteiger partial charge in [0.25, 0.3) is 0 Å². The Morgan fingerprint density at radius 3 is 2.72 bits per heavy atom. The first kappa shape index (κ1) is 23.4. The van der Waals surface area contributed by atoms with Gasteiger partial charge in [-0.15, -0.1) is 0 Å². The molecule has 7 nitrogen and oxygen atoms in total. The SMILES string of the molecule is C[C@H](O)[C@@H]1[C@H](CO)ON(Cc2cccc(C=O)c2)[C@@H]1C(=O)NC1C[C@H]2C[C@@H]([C@@H]1C)C2(C)C. The highest BCUT2D eigenvalue weighted by Gasteiger charge is 2.57. The van der Waals surface area contributed by atoms with E-state index in [1.54, 1.807) is 30.2 Å². The summed E-state index contributed by atoms with van der Waals surface area (Å²) in [6.07, 6.45) is 1.48. The van der Waals surface area contributed by atoms with Crippen LogP contribution in [-0.4, -0.2) is 58.4 Å². The van der Waals surface area contributed by atoms with Crippen molar-refractivity contribution in [3.63, 3.8) is 0 Å². The first-order chi connectivity index (χ1) is 15.2. The second-order valence-electron chi connectivity index (χ2n) is 10.6. The average molecular weight is 445 g/mol. The Labute approximate surface area is 190 Å². The monoisotopic (exact) mass is 444 g/mol. The first-order valence-corrected chi connectivity index (χ1v) is 11.7. The molecular formula is C25H36N2O5. The highest BCUT2D eigenvalue weighted by Crippen LogP contribution is 2.61. The molecule has 5 rings (SSSR count). The molecule has 7 heteroatoms. The third kappa shape index (κ3) is 4.00. The normalized spacial score (nSPS) is 36.9. The Morgan fingerprint density at radius 1 is 1.38 bits per heavy atom. The predicted octanol–water partition coefficient (Wildman–Crippen LogP) is 2.16. The van der Waals surface area contributed by atoms with E-state index in [0.717, 1.165) is 18.3 Å². The van der Waals surface area contributed by atoms with Crippen molar-refractivity contribution in [3.8, 4) is 0 Å². The molecule has 1 saturated heterocycles. The first-order valence-electron chi connectivity index (χ1n) is 11.7. The molecule has 4 aliphatic rings. The van der Waals surface area contributed by atoms with Crippen LogP contribution in [0.25, 0.3) is 0 Å². The number of aliphatic hydroxyl groups excluding tert-OH is 2. The molecule has 1 heterocycles. The minimum atomic E-state index is -0.828. The number of rotatable bonds is 7. The number of benzene rings is 1. The number of hydrogen-bond donors (Lipinski definition) is 3. The van der Waals surface area contributed by atoms with E-state index in [-0.39, 0.29) is 25.1 Å². The fraction of sp³-hybridized carbons (Fsp3) is 0.680. The number of aldehydes is 1. The van der Waals surface area contributed by atoms with E-state index in [9.17, 15) is 19.8 Å². The molecule has 0 radical (unpaired) electrons. The smallest absolute Gasteiger partial charge is 0.240 e. The van der Waals surface area contributed by atoms with Gasteiger partial charge in [0, 0.05) is 17.5 Å². The number of hydrogen-bond acceptors (Lipinski definition) is 6. The third-order valence-corrected chi connectivity index (χ3v) is 8.49. The van der Waals surface area contributed by atoms with Crippen molar-refractivity contribution >= 4 is 12.2 Å². The summed E-state index contributed by atoms with van der Waals surface area (Å²) in [5.41, 5.74) is 1.70. The van der Waals surface area contributed by atoms with E-state index >= 15 is 0 Å². The van der Waals surface area contributed by atoms with E-state index in [1.807, 2.05) is 6.07 Å². The minimum Gasteiger partial charge on any atom is -0.394 e. The zero-order valence-corrected chi connectivity index (χ0v) is 19.4. The Kier molecular flexibility index (Phi) is 6.47. The maximum absolute atomic E-state index is 13.6.